The molecule has 0 aliphatic heterocycles. The van der Waals surface area contributed by atoms with E-state index in [1.807, 2.05) is 0 Å². The molecule has 0 aromatic heterocycles. The van der Waals surface area contributed by atoms with E-state index in [0.29, 0.717) is 17.6 Å². The largest absolute Gasteiger partial charge is 0.489 e. The minimum absolute atomic E-state index is 0.386. The lowest BCUT2D eigenvalue weighted by Gasteiger charge is -2.57. The molecule has 0 amide bonds. The van der Waals surface area contributed by atoms with Crippen LogP contribution in [0.25, 0.3) is 0 Å². The van der Waals surface area contributed by atoms with Crippen LogP contribution in [-0.2, 0) is 0 Å². The fraction of sp³-hybridized carbons (Fsp3) is 0.684. The van der Waals surface area contributed by atoms with Crippen molar-refractivity contribution in [1.29, 1.82) is 0 Å². The van der Waals surface area contributed by atoms with E-state index in [0.717, 1.165) is 12.2 Å². The van der Waals surface area contributed by atoms with E-state index in [1.165, 1.54) is 48.8 Å². The summed E-state index contributed by atoms with van der Waals surface area (Å²) in [6, 6.07) is 5.13. The minimum Gasteiger partial charge on any atom is -0.489 e. The Morgan fingerprint density at radius 1 is 1.05 bits per heavy atom. The first kappa shape index (κ1) is 14.9. The molecule has 0 saturated heterocycles. The van der Waals surface area contributed by atoms with Gasteiger partial charge in [-0.15, -0.1) is 0 Å². The number of aryl methyl sites for hydroxylation is 3. The fourth-order valence-corrected chi connectivity index (χ4v) is 4.69. The standard InChI is InChI=1S/C19H29NO/c1-13-10-14(2)18(15(3)11-13)21-17-12-16(20-4)19(17)8-6-5-7-9-19/h10-11,16-17,20H,5-9,12H2,1-4H3. The molecule has 1 N–H and O–H groups in total. The van der Waals surface area contributed by atoms with Gasteiger partial charge >= 0.3 is 0 Å². The average Bonchev–Trinajstić information content (AvgIpc) is 2.45. The van der Waals surface area contributed by atoms with Gasteiger partial charge in [-0.1, -0.05) is 37.0 Å². The summed E-state index contributed by atoms with van der Waals surface area (Å²) >= 11 is 0. The third-order valence-corrected chi connectivity index (χ3v) is 5.78. The quantitative estimate of drug-likeness (QED) is 0.895. The highest BCUT2D eigenvalue weighted by Crippen LogP contribution is 2.53. The second-order valence-electron chi connectivity index (χ2n) is 7.21. The Labute approximate surface area is 129 Å². The van der Waals surface area contributed by atoms with Gasteiger partial charge in [0.05, 0.1) is 0 Å². The number of hydrogen-bond acceptors (Lipinski definition) is 2. The summed E-state index contributed by atoms with van der Waals surface area (Å²) in [6.45, 7) is 6.51. The second-order valence-corrected chi connectivity index (χ2v) is 7.21. The number of rotatable bonds is 3. The Bertz CT molecular complexity index is 493. The Balaban J connectivity index is 1.82. The zero-order valence-electron chi connectivity index (χ0n) is 14.0. The smallest absolute Gasteiger partial charge is 0.125 e. The van der Waals surface area contributed by atoms with E-state index in [1.54, 1.807) is 0 Å². The normalized spacial score (nSPS) is 27.4. The van der Waals surface area contributed by atoms with Crippen LogP contribution in [0.3, 0.4) is 0 Å². The summed E-state index contributed by atoms with van der Waals surface area (Å²) in [5.41, 5.74) is 4.28. The lowest BCUT2D eigenvalue weighted by molar-refractivity contribution is -0.101. The predicted molar refractivity (Wildman–Crippen MR) is 88.1 cm³/mol. The summed E-state index contributed by atoms with van der Waals surface area (Å²) in [6.07, 6.45) is 8.33. The predicted octanol–water partition coefficient (Wildman–Crippen LogP) is 4.30. The summed E-state index contributed by atoms with van der Waals surface area (Å²) in [7, 11) is 2.11. The number of ether oxygens (including phenoxy) is 1. The van der Waals surface area contributed by atoms with Crippen molar-refractivity contribution >= 4 is 0 Å². The van der Waals surface area contributed by atoms with Gasteiger partial charge in [-0.3, -0.25) is 0 Å². The van der Waals surface area contributed by atoms with Crippen LogP contribution in [0.1, 0.15) is 55.2 Å². The van der Waals surface area contributed by atoms with Gasteiger partial charge in [0.2, 0.25) is 0 Å². The average molecular weight is 287 g/mol. The Morgan fingerprint density at radius 2 is 1.67 bits per heavy atom. The molecular weight excluding hydrogens is 258 g/mol. The Morgan fingerprint density at radius 3 is 2.24 bits per heavy atom. The SMILES string of the molecule is CNC1CC(Oc2c(C)cc(C)cc2C)C12CCCCC2. The molecule has 0 heterocycles. The first-order chi connectivity index (χ1) is 10.1. The van der Waals surface area contributed by atoms with Crippen molar-refractivity contribution in [2.75, 3.05) is 7.05 Å². The third kappa shape index (κ3) is 2.48. The van der Waals surface area contributed by atoms with Gasteiger partial charge in [-0.2, -0.15) is 0 Å². The molecule has 0 radical (unpaired) electrons. The van der Waals surface area contributed by atoms with Crippen molar-refractivity contribution in [3.63, 3.8) is 0 Å². The second kappa shape index (κ2) is 5.64. The van der Waals surface area contributed by atoms with Crippen LogP contribution in [0.5, 0.6) is 5.75 Å². The van der Waals surface area contributed by atoms with E-state index in [2.05, 4.69) is 45.3 Å². The third-order valence-electron chi connectivity index (χ3n) is 5.78. The molecular formula is C19H29NO. The molecule has 21 heavy (non-hydrogen) atoms. The van der Waals surface area contributed by atoms with Crippen LogP contribution in [-0.4, -0.2) is 19.2 Å². The minimum atomic E-state index is 0.386. The molecule has 116 valence electrons. The summed E-state index contributed by atoms with van der Waals surface area (Å²) < 4.78 is 6.55. The van der Waals surface area contributed by atoms with Crippen molar-refractivity contribution < 1.29 is 4.74 Å². The van der Waals surface area contributed by atoms with E-state index >= 15 is 0 Å². The van der Waals surface area contributed by atoms with Crippen molar-refractivity contribution in [2.45, 2.75) is 71.4 Å². The zero-order chi connectivity index (χ0) is 15.0. The van der Waals surface area contributed by atoms with Crippen LogP contribution >= 0.6 is 0 Å². The van der Waals surface area contributed by atoms with Gasteiger partial charge in [0, 0.05) is 17.9 Å². The molecule has 2 atom stereocenters. The van der Waals surface area contributed by atoms with E-state index in [4.69, 9.17) is 4.74 Å². The number of benzene rings is 1. The van der Waals surface area contributed by atoms with Gasteiger partial charge in [0.25, 0.3) is 0 Å². The molecule has 2 nitrogen and oxygen atoms in total. The molecule has 2 heteroatoms. The van der Waals surface area contributed by atoms with Crippen LogP contribution < -0.4 is 10.1 Å². The van der Waals surface area contributed by atoms with Crippen molar-refractivity contribution in [3.8, 4) is 5.75 Å². The van der Waals surface area contributed by atoms with Crippen molar-refractivity contribution in [1.82, 2.24) is 5.32 Å². The Kier molecular flexibility index (Phi) is 4.00. The summed E-state index contributed by atoms with van der Waals surface area (Å²) in [5.74, 6) is 1.13. The molecule has 2 unspecified atom stereocenters. The highest BCUT2D eigenvalue weighted by Gasteiger charge is 2.56. The van der Waals surface area contributed by atoms with Gasteiger partial charge in [0.1, 0.15) is 11.9 Å². The molecule has 1 aromatic carbocycles. The number of hydrogen-bond donors (Lipinski definition) is 1. The van der Waals surface area contributed by atoms with Gasteiger partial charge in [-0.05, 0) is 51.8 Å². The van der Waals surface area contributed by atoms with E-state index in [-0.39, 0.29) is 0 Å². The molecule has 2 aliphatic carbocycles. The maximum atomic E-state index is 6.55. The lowest BCUT2D eigenvalue weighted by atomic mass is 9.55. The summed E-state index contributed by atoms with van der Waals surface area (Å²) in [4.78, 5) is 0. The van der Waals surface area contributed by atoms with Crippen LogP contribution in [0.15, 0.2) is 12.1 Å². The maximum absolute atomic E-state index is 6.55. The van der Waals surface area contributed by atoms with Crippen LogP contribution in [0.2, 0.25) is 0 Å². The highest BCUT2D eigenvalue weighted by molar-refractivity contribution is 5.43. The monoisotopic (exact) mass is 287 g/mol. The van der Waals surface area contributed by atoms with Crippen LogP contribution in [0.4, 0.5) is 0 Å². The van der Waals surface area contributed by atoms with Gasteiger partial charge in [0.15, 0.2) is 0 Å². The fourth-order valence-electron chi connectivity index (χ4n) is 4.69. The lowest BCUT2D eigenvalue weighted by Crippen LogP contribution is -2.64. The van der Waals surface area contributed by atoms with Crippen molar-refractivity contribution in [3.05, 3.63) is 28.8 Å². The molecule has 0 bridgehead atoms. The molecule has 1 aromatic rings. The maximum Gasteiger partial charge on any atom is 0.125 e. The molecule has 2 saturated carbocycles. The molecule has 2 aliphatic rings. The molecule has 3 rings (SSSR count). The highest BCUT2D eigenvalue weighted by atomic mass is 16.5. The van der Waals surface area contributed by atoms with E-state index in [9.17, 15) is 0 Å². The number of nitrogens with one attached hydrogen (secondary N) is 1. The summed E-state index contributed by atoms with van der Waals surface area (Å²) in [5, 5.41) is 3.54. The van der Waals surface area contributed by atoms with Crippen molar-refractivity contribution in [2.24, 2.45) is 5.41 Å². The van der Waals surface area contributed by atoms with Gasteiger partial charge in [-0.25, -0.2) is 0 Å². The van der Waals surface area contributed by atoms with E-state index < -0.39 is 0 Å². The molecule has 1 spiro atoms. The zero-order valence-corrected chi connectivity index (χ0v) is 14.0. The first-order valence-corrected chi connectivity index (χ1v) is 8.48. The van der Waals surface area contributed by atoms with Gasteiger partial charge < -0.3 is 10.1 Å². The topological polar surface area (TPSA) is 21.3 Å². The van der Waals surface area contributed by atoms with Crippen LogP contribution in [0, 0.1) is 26.2 Å². The first-order valence-electron chi connectivity index (χ1n) is 8.48. The Hall–Kier alpha value is -1.02. The molecule has 2 fully saturated rings.